The highest BCUT2D eigenvalue weighted by molar-refractivity contribution is 5.89. The lowest BCUT2D eigenvalue weighted by atomic mass is 10.1. The highest BCUT2D eigenvalue weighted by Gasteiger charge is 2.01. The average molecular weight is 269 g/mol. The molecular formula is C16H19N3O. The Morgan fingerprint density at radius 2 is 1.70 bits per heavy atom. The number of benzene rings is 2. The van der Waals surface area contributed by atoms with Crippen LogP contribution in [0.5, 0.6) is 0 Å². The Morgan fingerprint density at radius 3 is 2.45 bits per heavy atom. The van der Waals surface area contributed by atoms with Crippen LogP contribution in [0.2, 0.25) is 0 Å². The van der Waals surface area contributed by atoms with Crippen molar-refractivity contribution in [1.29, 1.82) is 0 Å². The average Bonchev–Trinajstić information content (AvgIpc) is 2.46. The van der Waals surface area contributed by atoms with Crippen molar-refractivity contribution in [3.05, 3.63) is 60.2 Å². The molecule has 0 spiro atoms. The lowest BCUT2D eigenvalue weighted by Crippen LogP contribution is -2.29. The van der Waals surface area contributed by atoms with Gasteiger partial charge in [0, 0.05) is 17.9 Å². The van der Waals surface area contributed by atoms with Crippen LogP contribution in [-0.2, 0) is 6.42 Å². The van der Waals surface area contributed by atoms with Gasteiger partial charge in [-0.2, -0.15) is 0 Å². The van der Waals surface area contributed by atoms with Crippen molar-refractivity contribution in [3.63, 3.8) is 0 Å². The summed E-state index contributed by atoms with van der Waals surface area (Å²) in [6, 6.07) is 17.0. The van der Waals surface area contributed by atoms with E-state index in [0.29, 0.717) is 6.54 Å². The minimum absolute atomic E-state index is 0.183. The smallest absolute Gasteiger partial charge is 0.319 e. The summed E-state index contributed by atoms with van der Waals surface area (Å²) in [5, 5.41) is 5.61. The summed E-state index contributed by atoms with van der Waals surface area (Å²) >= 11 is 0. The zero-order valence-electron chi connectivity index (χ0n) is 11.3. The molecule has 0 aliphatic carbocycles. The topological polar surface area (TPSA) is 67.1 Å². The fraction of sp³-hybridized carbons (Fsp3) is 0.188. The lowest BCUT2D eigenvalue weighted by molar-refractivity contribution is 0.252. The molecule has 2 rings (SSSR count). The molecule has 0 atom stereocenters. The van der Waals surface area contributed by atoms with Gasteiger partial charge in [-0.25, -0.2) is 4.79 Å². The summed E-state index contributed by atoms with van der Waals surface area (Å²) in [5.41, 5.74) is 8.58. The van der Waals surface area contributed by atoms with Crippen molar-refractivity contribution in [2.45, 2.75) is 12.8 Å². The molecule has 0 unspecified atom stereocenters. The third-order valence-electron chi connectivity index (χ3n) is 3.00. The van der Waals surface area contributed by atoms with E-state index in [-0.39, 0.29) is 6.03 Å². The molecule has 104 valence electrons. The Bertz CT molecular complexity index is 555. The largest absolute Gasteiger partial charge is 0.399 e. The van der Waals surface area contributed by atoms with Gasteiger partial charge in [-0.05, 0) is 36.6 Å². The van der Waals surface area contributed by atoms with E-state index in [9.17, 15) is 4.79 Å². The second kappa shape index (κ2) is 7.19. The molecular weight excluding hydrogens is 250 g/mol. The fourth-order valence-electron chi connectivity index (χ4n) is 1.94. The number of urea groups is 1. The zero-order chi connectivity index (χ0) is 14.2. The SMILES string of the molecule is Nc1ccccc1CCCNC(=O)Nc1ccccc1. The van der Waals surface area contributed by atoms with Crippen LogP contribution >= 0.6 is 0 Å². The maximum absolute atomic E-state index is 11.6. The molecule has 0 saturated carbocycles. The number of carbonyl (C=O) groups is 1. The number of amides is 2. The monoisotopic (exact) mass is 269 g/mol. The second-order valence-corrected chi connectivity index (χ2v) is 4.55. The summed E-state index contributed by atoms with van der Waals surface area (Å²) in [5.74, 6) is 0. The van der Waals surface area contributed by atoms with Gasteiger partial charge in [0.1, 0.15) is 0 Å². The zero-order valence-corrected chi connectivity index (χ0v) is 11.3. The van der Waals surface area contributed by atoms with Crippen molar-refractivity contribution in [1.82, 2.24) is 5.32 Å². The molecule has 2 aromatic rings. The first kappa shape index (κ1) is 13.9. The molecule has 2 aromatic carbocycles. The number of aryl methyl sites for hydroxylation is 1. The Labute approximate surface area is 119 Å². The van der Waals surface area contributed by atoms with Crippen molar-refractivity contribution in [2.24, 2.45) is 0 Å². The molecule has 0 fully saturated rings. The molecule has 4 heteroatoms. The maximum Gasteiger partial charge on any atom is 0.319 e. The summed E-state index contributed by atoms with van der Waals surface area (Å²) in [6.07, 6.45) is 1.72. The van der Waals surface area contributed by atoms with Crippen LogP contribution in [0, 0.1) is 0 Å². The summed E-state index contributed by atoms with van der Waals surface area (Å²) in [6.45, 7) is 0.618. The third-order valence-corrected chi connectivity index (χ3v) is 3.00. The summed E-state index contributed by atoms with van der Waals surface area (Å²) < 4.78 is 0. The standard InChI is InChI=1S/C16H19N3O/c17-15-11-5-4-7-13(15)8-6-12-18-16(20)19-14-9-2-1-3-10-14/h1-5,7,9-11H,6,8,12,17H2,(H2,18,19,20). The van der Waals surface area contributed by atoms with Gasteiger partial charge >= 0.3 is 6.03 Å². The normalized spacial score (nSPS) is 10.0. The highest BCUT2D eigenvalue weighted by atomic mass is 16.2. The predicted molar refractivity (Wildman–Crippen MR) is 82.6 cm³/mol. The number of hydrogen-bond acceptors (Lipinski definition) is 2. The third kappa shape index (κ3) is 4.31. The van der Waals surface area contributed by atoms with Crippen LogP contribution in [-0.4, -0.2) is 12.6 Å². The van der Waals surface area contributed by atoms with E-state index in [1.807, 2.05) is 54.6 Å². The highest BCUT2D eigenvalue weighted by Crippen LogP contribution is 2.12. The number of rotatable bonds is 5. The van der Waals surface area contributed by atoms with Crippen LogP contribution < -0.4 is 16.4 Å². The molecule has 0 aliphatic rings. The van der Waals surface area contributed by atoms with Crippen LogP contribution in [0.15, 0.2) is 54.6 Å². The predicted octanol–water partition coefficient (Wildman–Crippen LogP) is 3.02. The summed E-state index contributed by atoms with van der Waals surface area (Å²) in [4.78, 5) is 11.6. The van der Waals surface area contributed by atoms with Gasteiger partial charge in [-0.1, -0.05) is 36.4 Å². The molecule has 4 nitrogen and oxygen atoms in total. The number of carbonyl (C=O) groups excluding carboxylic acids is 1. The van der Waals surface area contributed by atoms with Gasteiger partial charge in [0.05, 0.1) is 0 Å². The first-order valence-corrected chi connectivity index (χ1v) is 6.69. The Kier molecular flexibility index (Phi) is 5.00. The quantitative estimate of drug-likeness (QED) is 0.577. The van der Waals surface area contributed by atoms with E-state index in [2.05, 4.69) is 10.6 Å². The molecule has 0 aromatic heterocycles. The molecule has 0 aliphatic heterocycles. The molecule has 0 radical (unpaired) electrons. The van der Waals surface area contributed by atoms with Crippen molar-refractivity contribution in [2.75, 3.05) is 17.6 Å². The molecule has 0 heterocycles. The van der Waals surface area contributed by atoms with Crippen molar-refractivity contribution in [3.8, 4) is 0 Å². The molecule has 0 bridgehead atoms. The van der Waals surface area contributed by atoms with E-state index in [1.54, 1.807) is 0 Å². The number of nitrogen functional groups attached to an aromatic ring is 1. The van der Waals surface area contributed by atoms with Crippen LogP contribution in [0.3, 0.4) is 0 Å². The number of nitrogens with one attached hydrogen (secondary N) is 2. The van der Waals surface area contributed by atoms with E-state index < -0.39 is 0 Å². The Morgan fingerprint density at radius 1 is 1.00 bits per heavy atom. The number of nitrogens with two attached hydrogens (primary N) is 1. The lowest BCUT2D eigenvalue weighted by Gasteiger charge is -2.08. The number of para-hydroxylation sites is 2. The van der Waals surface area contributed by atoms with Gasteiger partial charge in [0.15, 0.2) is 0 Å². The minimum atomic E-state index is -0.183. The van der Waals surface area contributed by atoms with Crippen LogP contribution in [0.1, 0.15) is 12.0 Å². The van der Waals surface area contributed by atoms with Crippen LogP contribution in [0.4, 0.5) is 16.2 Å². The van der Waals surface area contributed by atoms with Gasteiger partial charge < -0.3 is 16.4 Å². The van der Waals surface area contributed by atoms with Crippen molar-refractivity contribution < 1.29 is 4.79 Å². The van der Waals surface area contributed by atoms with E-state index in [0.717, 1.165) is 29.8 Å². The van der Waals surface area contributed by atoms with Gasteiger partial charge in [0.2, 0.25) is 0 Å². The first-order chi connectivity index (χ1) is 9.75. The second-order valence-electron chi connectivity index (χ2n) is 4.55. The van der Waals surface area contributed by atoms with E-state index in [1.165, 1.54) is 0 Å². The molecule has 4 N–H and O–H groups in total. The van der Waals surface area contributed by atoms with E-state index in [4.69, 9.17) is 5.73 Å². The van der Waals surface area contributed by atoms with Crippen molar-refractivity contribution >= 4 is 17.4 Å². The number of anilines is 2. The Balaban J connectivity index is 1.69. The Hall–Kier alpha value is -2.49. The molecule has 2 amide bonds. The molecule has 0 saturated heterocycles. The maximum atomic E-state index is 11.6. The van der Waals surface area contributed by atoms with Crippen LogP contribution in [0.25, 0.3) is 0 Å². The van der Waals surface area contributed by atoms with Gasteiger partial charge in [-0.3, -0.25) is 0 Å². The van der Waals surface area contributed by atoms with E-state index >= 15 is 0 Å². The fourth-order valence-corrected chi connectivity index (χ4v) is 1.94. The first-order valence-electron chi connectivity index (χ1n) is 6.69. The van der Waals surface area contributed by atoms with Gasteiger partial charge in [0.25, 0.3) is 0 Å². The summed E-state index contributed by atoms with van der Waals surface area (Å²) in [7, 11) is 0. The van der Waals surface area contributed by atoms with Gasteiger partial charge in [-0.15, -0.1) is 0 Å². The minimum Gasteiger partial charge on any atom is -0.399 e. The number of hydrogen-bond donors (Lipinski definition) is 3. The molecule has 20 heavy (non-hydrogen) atoms.